The van der Waals surface area contributed by atoms with E-state index in [1.165, 1.54) is 50.9 Å². The third kappa shape index (κ3) is 5.77. The topological polar surface area (TPSA) is 34.1 Å². The number of rotatable bonds is 9. The number of aldehydes is 1. The minimum atomic E-state index is -0.342. The van der Waals surface area contributed by atoms with Crippen molar-refractivity contribution in [1.29, 1.82) is 0 Å². The van der Waals surface area contributed by atoms with Crippen LogP contribution in [0.2, 0.25) is 0 Å². The van der Waals surface area contributed by atoms with Gasteiger partial charge in [-0.05, 0) is 63.8 Å². The molecule has 0 unspecified atom stereocenters. The summed E-state index contributed by atoms with van der Waals surface area (Å²) >= 11 is 0. The van der Waals surface area contributed by atoms with Gasteiger partial charge in [0.2, 0.25) is 0 Å². The van der Waals surface area contributed by atoms with Crippen LogP contribution in [0.1, 0.15) is 102 Å². The van der Waals surface area contributed by atoms with Crippen molar-refractivity contribution in [3.05, 3.63) is 119 Å². The highest BCUT2D eigenvalue weighted by Gasteiger charge is 2.52. The Morgan fingerprint density at radius 2 is 0.953 bits per heavy atom. The van der Waals surface area contributed by atoms with E-state index in [0.717, 1.165) is 25.5 Å². The molecule has 0 amide bonds. The maximum absolute atomic E-state index is 13.1. The molecule has 43 heavy (non-hydrogen) atoms. The third-order valence-corrected chi connectivity index (χ3v) is 9.09. The number of hydrogen-bond acceptors (Lipinski definition) is 2. The molecule has 0 heterocycles. The van der Waals surface area contributed by atoms with Gasteiger partial charge in [-0.25, -0.2) is 0 Å². The summed E-state index contributed by atoms with van der Waals surface area (Å²) in [6, 6.07) is 35.0. The standard InChI is InChI=1S/C36H34O2.C3H8.C2H6/c1-25(2)34(38)20-22-36(32-18-9-5-14-28(32)29-15-6-10-19-33(29)36)24-35(21-11-23-37)30-16-7-3-12-26(30)27-13-4-8-17-31(27)35;1-3-2;1-2/h3-10,12-19,23,25H,11,20-22,24H2,1-2H3;3H2,1-2H3;1-2H3. The van der Waals surface area contributed by atoms with Crippen molar-refractivity contribution in [1.82, 2.24) is 0 Å². The van der Waals surface area contributed by atoms with Crippen molar-refractivity contribution in [3.63, 3.8) is 0 Å². The zero-order valence-electron chi connectivity index (χ0n) is 27.0. The number of carbonyl (C=O) groups is 2. The van der Waals surface area contributed by atoms with Gasteiger partial charge < -0.3 is 4.79 Å². The lowest BCUT2D eigenvalue weighted by Crippen LogP contribution is -2.38. The van der Waals surface area contributed by atoms with E-state index in [2.05, 4.69) is 111 Å². The third-order valence-electron chi connectivity index (χ3n) is 9.09. The van der Waals surface area contributed by atoms with E-state index in [1.54, 1.807) is 0 Å². The molecule has 4 aromatic rings. The highest BCUT2D eigenvalue weighted by molar-refractivity contribution is 5.85. The molecule has 2 heteroatoms. The average molecular weight is 573 g/mol. The molecular formula is C41H48O2. The summed E-state index contributed by atoms with van der Waals surface area (Å²) in [5.41, 5.74) is 9.62. The predicted molar refractivity (Wildman–Crippen MR) is 182 cm³/mol. The number of benzene rings is 4. The molecule has 0 spiro atoms. The van der Waals surface area contributed by atoms with Crippen LogP contribution in [0.4, 0.5) is 0 Å². The van der Waals surface area contributed by atoms with Gasteiger partial charge in [-0.3, -0.25) is 4.79 Å². The second-order valence-corrected chi connectivity index (χ2v) is 12.1. The van der Waals surface area contributed by atoms with Gasteiger partial charge >= 0.3 is 0 Å². The molecule has 4 aromatic carbocycles. The molecular weight excluding hydrogens is 524 g/mol. The molecule has 0 N–H and O–H groups in total. The SMILES string of the molecule is CC.CC(C)C(=O)CCC1(CC2(CCC=O)c3ccccc3-c3ccccc32)c2ccccc2-c2ccccc21.CCC. The summed E-state index contributed by atoms with van der Waals surface area (Å²) < 4.78 is 0. The molecule has 0 aliphatic heterocycles. The van der Waals surface area contributed by atoms with Crippen LogP contribution >= 0.6 is 0 Å². The second-order valence-electron chi connectivity index (χ2n) is 12.1. The molecule has 6 rings (SSSR count). The molecule has 2 aliphatic carbocycles. The predicted octanol–water partition coefficient (Wildman–Crippen LogP) is 10.7. The van der Waals surface area contributed by atoms with Crippen LogP contribution in [-0.2, 0) is 20.4 Å². The first-order valence-electron chi connectivity index (χ1n) is 16.3. The minimum absolute atomic E-state index is 0.0101. The van der Waals surface area contributed by atoms with Crippen molar-refractivity contribution in [2.24, 2.45) is 5.92 Å². The van der Waals surface area contributed by atoms with Crippen molar-refractivity contribution < 1.29 is 9.59 Å². The first kappa shape index (κ1) is 32.1. The van der Waals surface area contributed by atoms with E-state index in [1.807, 2.05) is 27.7 Å². The molecule has 0 saturated heterocycles. The molecule has 0 bridgehead atoms. The molecule has 2 nitrogen and oxygen atoms in total. The van der Waals surface area contributed by atoms with E-state index in [9.17, 15) is 9.59 Å². The lowest BCUT2D eigenvalue weighted by atomic mass is 9.59. The first-order chi connectivity index (χ1) is 20.9. The molecule has 2 aliphatic rings. The average Bonchev–Trinajstić information content (AvgIpc) is 3.48. The summed E-state index contributed by atoms with van der Waals surface area (Å²) in [5.74, 6) is 0.316. The van der Waals surface area contributed by atoms with Gasteiger partial charge in [0.25, 0.3) is 0 Å². The number of ketones is 1. The van der Waals surface area contributed by atoms with Gasteiger partial charge in [0.15, 0.2) is 0 Å². The van der Waals surface area contributed by atoms with Crippen molar-refractivity contribution in [2.45, 2.75) is 90.9 Å². The Hall–Kier alpha value is -3.78. The molecule has 0 atom stereocenters. The number of hydrogen-bond donors (Lipinski definition) is 0. The van der Waals surface area contributed by atoms with Gasteiger partial charge in [0, 0.05) is 29.6 Å². The van der Waals surface area contributed by atoms with Crippen molar-refractivity contribution in [3.8, 4) is 22.3 Å². The Balaban J connectivity index is 0.000000798. The van der Waals surface area contributed by atoms with Gasteiger partial charge in [-0.2, -0.15) is 0 Å². The Bertz CT molecular complexity index is 1450. The number of carbonyl (C=O) groups excluding carboxylic acids is 2. The Morgan fingerprint density at radius 1 is 0.628 bits per heavy atom. The summed E-state index contributed by atoms with van der Waals surface area (Å²) in [5, 5.41) is 0. The van der Waals surface area contributed by atoms with Crippen LogP contribution in [-0.4, -0.2) is 12.1 Å². The van der Waals surface area contributed by atoms with E-state index >= 15 is 0 Å². The van der Waals surface area contributed by atoms with Crippen LogP contribution in [0.3, 0.4) is 0 Å². The van der Waals surface area contributed by atoms with E-state index in [-0.39, 0.29) is 16.7 Å². The highest BCUT2D eigenvalue weighted by Crippen LogP contribution is 2.62. The quantitative estimate of drug-likeness (QED) is 0.187. The van der Waals surface area contributed by atoms with Gasteiger partial charge in [-0.15, -0.1) is 0 Å². The van der Waals surface area contributed by atoms with Gasteiger partial charge in [-0.1, -0.05) is 145 Å². The summed E-state index contributed by atoms with van der Waals surface area (Å²) in [6.07, 6.45) is 5.67. The van der Waals surface area contributed by atoms with Gasteiger partial charge in [0.05, 0.1) is 0 Å². The lowest BCUT2D eigenvalue weighted by Gasteiger charge is -2.43. The summed E-state index contributed by atoms with van der Waals surface area (Å²) in [7, 11) is 0. The molecule has 0 radical (unpaired) electrons. The van der Waals surface area contributed by atoms with E-state index in [4.69, 9.17) is 0 Å². The fourth-order valence-corrected chi connectivity index (χ4v) is 7.37. The summed E-state index contributed by atoms with van der Waals surface area (Å²) in [4.78, 5) is 25.0. The minimum Gasteiger partial charge on any atom is -0.303 e. The molecule has 0 aromatic heterocycles. The molecule has 0 saturated carbocycles. The number of fused-ring (bicyclic) bond motifs is 6. The Labute approximate surface area is 259 Å². The van der Waals surface area contributed by atoms with E-state index < -0.39 is 0 Å². The maximum Gasteiger partial charge on any atom is 0.135 e. The zero-order valence-corrected chi connectivity index (χ0v) is 27.0. The Morgan fingerprint density at radius 3 is 1.28 bits per heavy atom. The maximum atomic E-state index is 13.1. The van der Waals surface area contributed by atoms with E-state index in [0.29, 0.717) is 18.6 Å². The smallest absolute Gasteiger partial charge is 0.135 e. The fourth-order valence-electron chi connectivity index (χ4n) is 7.37. The second kappa shape index (κ2) is 14.1. The van der Waals surface area contributed by atoms with Crippen LogP contribution in [0.5, 0.6) is 0 Å². The number of Topliss-reactive ketones (excluding diaryl/α,β-unsaturated/α-hetero) is 1. The van der Waals surface area contributed by atoms with Crippen LogP contribution in [0.25, 0.3) is 22.3 Å². The van der Waals surface area contributed by atoms with Crippen LogP contribution in [0, 0.1) is 5.92 Å². The lowest BCUT2D eigenvalue weighted by molar-refractivity contribution is -0.122. The Kier molecular flexibility index (Phi) is 10.6. The van der Waals surface area contributed by atoms with Crippen LogP contribution in [0.15, 0.2) is 97.1 Å². The largest absolute Gasteiger partial charge is 0.303 e. The van der Waals surface area contributed by atoms with Gasteiger partial charge in [0.1, 0.15) is 12.1 Å². The van der Waals surface area contributed by atoms with Crippen molar-refractivity contribution >= 4 is 12.1 Å². The van der Waals surface area contributed by atoms with Crippen LogP contribution < -0.4 is 0 Å². The van der Waals surface area contributed by atoms with Crippen molar-refractivity contribution in [2.75, 3.05) is 0 Å². The fraction of sp³-hybridized carbons (Fsp3) is 0.366. The summed E-state index contributed by atoms with van der Waals surface area (Å²) in [6.45, 7) is 12.3. The first-order valence-corrected chi connectivity index (χ1v) is 16.3. The molecule has 224 valence electrons. The molecule has 0 fully saturated rings. The highest BCUT2D eigenvalue weighted by atomic mass is 16.1. The normalized spacial score (nSPS) is 14.2. The monoisotopic (exact) mass is 572 g/mol. The zero-order chi connectivity index (χ0) is 31.0.